The van der Waals surface area contributed by atoms with E-state index in [9.17, 15) is 4.79 Å². The van der Waals surface area contributed by atoms with Crippen LogP contribution in [-0.2, 0) is 13.6 Å². The zero-order valence-corrected chi connectivity index (χ0v) is 16.9. The number of piperidine rings is 1. The molecule has 4 heterocycles. The molecule has 2 aliphatic rings. The average Bonchev–Trinajstić information content (AvgIpc) is 3.16. The number of imidazole rings is 1. The molecule has 152 valence electrons. The van der Waals surface area contributed by atoms with E-state index in [1.807, 2.05) is 18.2 Å². The zero-order valence-electron chi connectivity index (χ0n) is 16.1. The number of para-hydroxylation sites is 1. The molecule has 1 aliphatic carbocycles. The van der Waals surface area contributed by atoms with E-state index in [1.54, 1.807) is 17.9 Å². The van der Waals surface area contributed by atoms with Crippen molar-refractivity contribution >= 4 is 28.5 Å². The zero-order chi connectivity index (χ0) is 20.4. The summed E-state index contributed by atoms with van der Waals surface area (Å²) in [5.74, 6) is 2.43. The fourth-order valence-electron chi connectivity index (χ4n) is 4.61. The topological polar surface area (TPSA) is 94.9 Å². The van der Waals surface area contributed by atoms with E-state index in [4.69, 9.17) is 16.1 Å². The van der Waals surface area contributed by atoms with Crippen LogP contribution in [0.5, 0.6) is 0 Å². The Morgan fingerprint density at radius 3 is 2.73 bits per heavy atom. The predicted molar refractivity (Wildman–Crippen MR) is 110 cm³/mol. The van der Waals surface area contributed by atoms with Crippen molar-refractivity contribution in [3.63, 3.8) is 0 Å². The molecule has 4 aromatic rings. The molecule has 10 heteroatoms. The Morgan fingerprint density at radius 2 is 1.93 bits per heavy atom. The lowest BCUT2D eigenvalue weighted by molar-refractivity contribution is 0.363. The molecule has 1 saturated heterocycles. The number of nitrogens with zero attached hydrogens (tertiary/aromatic N) is 7. The van der Waals surface area contributed by atoms with Gasteiger partial charge in [0.05, 0.1) is 17.0 Å². The first-order chi connectivity index (χ1) is 14.6. The Kier molecular flexibility index (Phi) is 3.76. The molecule has 0 amide bonds. The van der Waals surface area contributed by atoms with Gasteiger partial charge in [0, 0.05) is 26.1 Å². The van der Waals surface area contributed by atoms with E-state index in [2.05, 4.69) is 31.1 Å². The summed E-state index contributed by atoms with van der Waals surface area (Å²) < 4.78 is 8.57. The van der Waals surface area contributed by atoms with E-state index in [-0.39, 0.29) is 12.1 Å². The van der Waals surface area contributed by atoms with Crippen molar-refractivity contribution in [2.45, 2.75) is 12.5 Å². The van der Waals surface area contributed by atoms with Crippen molar-refractivity contribution < 1.29 is 4.52 Å². The SMILES string of the molecule is Cn1cnc2ncn(Cc3nc(C4[C@H]5CN(c6ccccc6Cl)C[C@@H]45)no3)c(=O)c21. The van der Waals surface area contributed by atoms with Crippen LogP contribution < -0.4 is 10.5 Å². The fourth-order valence-corrected chi connectivity index (χ4v) is 4.87. The van der Waals surface area contributed by atoms with Gasteiger partial charge in [0.1, 0.15) is 12.9 Å². The highest BCUT2D eigenvalue weighted by atomic mass is 35.5. The Morgan fingerprint density at radius 1 is 1.17 bits per heavy atom. The molecule has 0 radical (unpaired) electrons. The molecule has 9 nitrogen and oxygen atoms in total. The first-order valence-corrected chi connectivity index (χ1v) is 10.2. The standard InChI is InChI=1S/C20H18ClN7O2/c1-26-9-22-19-17(26)20(29)28(10-23-19)8-15-24-18(25-30-15)16-11-6-27(7-12(11)16)14-5-3-2-4-13(14)21/h2-5,9-12,16H,6-8H2,1H3/t11-,12+,16?. The number of benzene rings is 1. The van der Waals surface area contributed by atoms with Crippen LogP contribution in [0.2, 0.25) is 5.02 Å². The Hall–Kier alpha value is -3.20. The summed E-state index contributed by atoms with van der Waals surface area (Å²) in [5, 5.41) is 4.97. The molecular weight excluding hydrogens is 406 g/mol. The second-order valence-electron chi connectivity index (χ2n) is 7.96. The summed E-state index contributed by atoms with van der Waals surface area (Å²) in [7, 11) is 1.77. The molecule has 3 atom stereocenters. The van der Waals surface area contributed by atoms with Gasteiger partial charge in [-0.3, -0.25) is 9.36 Å². The highest BCUT2D eigenvalue weighted by Gasteiger charge is 2.58. The lowest BCUT2D eigenvalue weighted by atomic mass is 10.2. The van der Waals surface area contributed by atoms with Gasteiger partial charge in [-0.1, -0.05) is 28.9 Å². The van der Waals surface area contributed by atoms with Crippen molar-refractivity contribution in [2.24, 2.45) is 18.9 Å². The number of fused-ring (bicyclic) bond motifs is 2. The highest BCUT2D eigenvalue weighted by molar-refractivity contribution is 6.33. The third-order valence-corrected chi connectivity index (χ3v) is 6.49. The summed E-state index contributed by atoms with van der Waals surface area (Å²) in [4.78, 5) is 27.9. The molecule has 1 aliphatic heterocycles. The fraction of sp³-hybridized carbons (Fsp3) is 0.350. The smallest absolute Gasteiger partial charge is 0.280 e. The van der Waals surface area contributed by atoms with E-state index in [0.29, 0.717) is 34.8 Å². The first kappa shape index (κ1) is 17.6. The van der Waals surface area contributed by atoms with E-state index in [0.717, 1.165) is 29.6 Å². The number of anilines is 1. The highest BCUT2D eigenvalue weighted by Crippen LogP contribution is 2.58. The van der Waals surface area contributed by atoms with E-state index in [1.165, 1.54) is 10.9 Å². The van der Waals surface area contributed by atoms with Gasteiger partial charge in [-0.05, 0) is 24.0 Å². The summed E-state index contributed by atoms with van der Waals surface area (Å²) in [6, 6.07) is 7.93. The molecule has 2 fully saturated rings. The van der Waals surface area contributed by atoms with Crippen LogP contribution in [0.25, 0.3) is 11.2 Å². The predicted octanol–water partition coefficient (Wildman–Crippen LogP) is 2.06. The normalized spacial score (nSPS) is 22.6. The summed E-state index contributed by atoms with van der Waals surface area (Å²) in [6.45, 7) is 2.06. The van der Waals surface area contributed by atoms with Gasteiger partial charge in [-0.2, -0.15) is 4.98 Å². The number of aromatic nitrogens is 6. The maximum Gasteiger partial charge on any atom is 0.280 e. The molecule has 1 saturated carbocycles. The minimum atomic E-state index is -0.182. The number of halogens is 1. The Labute approximate surface area is 175 Å². The summed E-state index contributed by atoms with van der Waals surface area (Å²) in [5.41, 5.74) is 1.78. The van der Waals surface area contributed by atoms with Gasteiger partial charge >= 0.3 is 0 Å². The van der Waals surface area contributed by atoms with Crippen LogP contribution in [0.3, 0.4) is 0 Å². The molecule has 30 heavy (non-hydrogen) atoms. The number of rotatable bonds is 4. The molecule has 1 aromatic carbocycles. The third-order valence-electron chi connectivity index (χ3n) is 6.18. The maximum absolute atomic E-state index is 12.7. The van der Waals surface area contributed by atoms with Crippen LogP contribution >= 0.6 is 11.6 Å². The van der Waals surface area contributed by atoms with Crippen LogP contribution in [0.1, 0.15) is 17.6 Å². The number of hydrogen-bond acceptors (Lipinski definition) is 7. The lowest BCUT2D eigenvalue weighted by Gasteiger charge is -2.22. The average molecular weight is 424 g/mol. The van der Waals surface area contributed by atoms with Gasteiger partial charge < -0.3 is 14.0 Å². The van der Waals surface area contributed by atoms with Crippen molar-refractivity contribution in [3.05, 3.63) is 64.0 Å². The number of aryl methyl sites for hydroxylation is 1. The minimum absolute atomic E-state index is 0.182. The molecule has 3 aromatic heterocycles. The van der Waals surface area contributed by atoms with Crippen molar-refractivity contribution in [1.82, 2.24) is 29.2 Å². The van der Waals surface area contributed by atoms with Crippen LogP contribution in [-0.4, -0.2) is 42.3 Å². The summed E-state index contributed by atoms with van der Waals surface area (Å²) in [6.07, 6.45) is 3.04. The van der Waals surface area contributed by atoms with Gasteiger partial charge in [0.25, 0.3) is 5.56 Å². The maximum atomic E-state index is 12.7. The van der Waals surface area contributed by atoms with E-state index >= 15 is 0 Å². The Bertz CT molecular complexity index is 1310. The molecule has 6 rings (SSSR count). The quantitative estimate of drug-likeness (QED) is 0.495. The molecule has 1 unspecified atom stereocenters. The molecule has 0 spiro atoms. The molecule has 0 N–H and O–H groups in total. The van der Waals surface area contributed by atoms with Crippen molar-refractivity contribution in [2.75, 3.05) is 18.0 Å². The van der Waals surface area contributed by atoms with Gasteiger partial charge in [-0.25, -0.2) is 9.97 Å². The largest absolute Gasteiger partial charge is 0.370 e. The Balaban J connectivity index is 1.18. The van der Waals surface area contributed by atoms with Gasteiger partial charge in [0.15, 0.2) is 17.0 Å². The lowest BCUT2D eigenvalue weighted by Crippen LogP contribution is -2.24. The second kappa shape index (κ2) is 6.40. The second-order valence-corrected chi connectivity index (χ2v) is 8.37. The minimum Gasteiger partial charge on any atom is -0.370 e. The third kappa shape index (κ3) is 2.65. The monoisotopic (exact) mass is 423 g/mol. The summed E-state index contributed by atoms with van der Waals surface area (Å²) >= 11 is 6.33. The van der Waals surface area contributed by atoms with E-state index < -0.39 is 0 Å². The first-order valence-electron chi connectivity index (χ1n) is 9.78. The van der Waals surface area contributed by atoms with Crippen LogP contribution in [0.4, 0.5) is 5.69 Å². The van der Waals surface area contributed by atoms with Crippen molar-refractivity contribution in [3.8, 4) is 0 Å². The van der Waals surface area contributed by atoms with Crippen LogP contribution in [0.15, 0.2) is 46.2 Å². The molecular formula is C20H18ClN7O2. The van der Waals surface area contributed by atoms with Gasteiger partial charge in [-0.15, -0.1) is 0 Å². The van der Waals surface area contributed by atoms with Crippen LogP contribution in [0, 0.1) is 11.8 Å². The van der Waals surface area contributed by atoms with Crippen molar-refractivity contribution in [1.29, 1.82) is 0 Å². The number of hydrogen-bond donors (Lipinski definition) is 0. The van der Waals surface area contributed by atoms with Gasteiger partial charge in [0.2, 0.25) is 5.89 Å². The molecule has 0 bridgehead atoms.